The van der Waals surface area contributed by atoms with E-state index in [9.17, 15) is 0 Å². The minimum Gasteiger partial charge on any atom is -0.460 e. The van der Waals surface area contributed by atoms with Gasteiger partial charge in [0, 0.05) is 11.1 Å². The molecule has 1 aliphatic heterocycles. The zero-order chi connectivity index (χ0) is 14.3. The first kappa shape index (κ1) is 14.4. The third kappa shape index (κ3) is 2.93. The second-order valence-electron chi connectivity index (χ2n) is 6.75. The van der Waals surface area contributed by atoms with E-state index in [1.807, 2.05) is 19.1 Å². The van der Waals surface area contributed by atoms with Gasteiger partial charge in [0.15, 0.2) is 0 Å². The van der Waals surface area contributed by atoms with Crippen LogP contribution in [0.25, 0.3) is 5.57 Å². The number of hydrogen-bond donors (Lipinski definition) is 0. The Morgan fingerprint density at radius 2 is 1.79 bits per heavy atom. The quantitative estimate of drug-likeness (QED) is 0.831. The van der Waals surface area contributed by atoms with Crippen molar-refractivity contribution in [3.05, 3.63) is 30.2 Å². The molecule has 0 bridgehead atoms. The van der Waals surface area contributed by atoms with E-state index in [0.29, 0.717) is 0 Å². The lowest BCUT2D eigenvalue weighted by Gasteiger charge is -2.52. The molecule has 0 spiro atoms. The van der Waals surface area contributed by atoms with Gasteiger partial charge < -0.3 is 9.15 Å². The van der Waals surface area contributed by atoms with Crippen LogP contribution in [0.2, 0.25) is 0 Å². The summed E-state index contributed by atoms with van der Waals surface area (Å²) in [4.78, 5) is 2.46. The summed E-state index contributed by atoms with van der Waals surface area (Å²) < 4.78 is 11.6. The fraction of sp³-hybridized carbons (Fsp3) is 0.625. The highest BCUT2D eigenvalue weighted by Gasteiger charge is 2.42. The van der Waals surface area contributed by atoms with Crippen LogP contribution in [0.3, 0.4) is 0 Å². The molecule has 106 valence electrons. The number of morpholine rings is 1. The summed E-state index contributed by atoms with van der Waals surface area (Å²) in [6.07, 6.45) is 0. The Labute approximate surface area is 116 Å². The normalized spacial score (nSPS) is 22.4. The van der Waals surface area contributed by atoms with Crippen LogP contribution in [-0.2, 0) is 11.3 Å². The van der Waals surface area contributed by atoms with Gasteiger partial charge in [-0.1, -0.05) is 6.58 Å². The topological polar surface area (TPSA) is 25.6 Å². The van der Waals surface area contributed by atoms with Gasteiger partial charge in [-0.2, -0.15) is 0 Å². The fourth-order valence-corrected chi connectivity index (χ4v) is 2.80. The molecule has 19 heavy (non-hydrogen) atoms. The standard InChI is InChI=1S/C16H25NO2/c1-12(2)14-8-7-13(19-14)9-17-15(3,4)10-18-11-16(17,5)6/h7-8H,1,9-11H2,2-6H3. The number of ether oxygens (including phenoxy) is 1. The molecule has 1 aromatic heterocycles. The highest BCUT2D eigenvalue weighted by Crippen LogP contribution is 2.33. The van der Waals surface area contributed by atoms with Crippen LogP contribution in [0.1, 0.15) is 46.1 Å². The Morgan fingerprint density at radius 3 is 2.26 bits per heavy atom. The third-order valence-corrected chi connectivity index (χ3v) is 3.77. The van der Waals surface area contributed by atoms with Gasteiger partial charge in [-0.15, -0.1) is 0 Å². The van der Waals surface area contributed by atoms with Crippen molar-refractivity contribution >= 4 is 5.57 Å². The molecule has 0 unspecified atom stereocenters. The zero-order valence-electron chi connectivity index (χ0n) is 12.7. The summed E-state index contributed by atoms with van der Waals surface area (Å²) in [7, 11) is 0. The molecule has 0 radical (unpaired) electrons. The van der Waals surface area contributed by atoms with Crippen molar-refractivity contribution in [3.63, 3.8) is 0 Å². The molecular weight excluding hydrogens is 238 g/mol. The van der Waals surface area contributed by atoms with Crippen molar-refractivity contribution in [2.75, 3.05) is 13.2 Å². The average Bonchev–Trinajstić information content (AvgIpc) is 2.71. The van der Waals surface area contributed by atoms with Gasteiger partial charge in [0.25, 0.3) is 0 Å². The van der Waals surface area contributed by atoms with Crippen molar-refractivity contribution in [3.8, 4) is 0 Å². The SMILES string of the molecule is C=C(C)c1ccc(CN2C(C)(C)COCC2(C)C)o1. The molecule has 1 aliphatic rings. The van der Waals surface area contributed by atoms with Crippen LogP contribution in [0.15, 0.2) is 23.1 Å². The van der Waals surface area contributed by atoms with Crippen LogP contribution in [0.5, 0.6) is 0 Å². The van der Waals surface area contributed by atoms with Crippen molar-refractivity contribution in [1.29, 1.82) is 0 Å². The van der Waals surface area contributed by atoms with E-state index >= 15 is 0 Å². The maximum Gasteiger partial charge on any atom is 0.129 e. The summed E-state index contributed by atoms with van der Waals surface area (Å²) in [5, 5.41) is 0. The maximum absolute atomic E-state index is 5.85. The molecular formula is C16H25NO2. The van der Waals surface area contributed by atoms with Crippen LogP contribution in [0.4, 0.5) is 0 Å². The average molecular weight is 263 g/mol. The number of hydrogen-bond acceptors (Lipinski definition) is 3. The van der Waals surface area contributed by atoms with Crippen molar-refractivity contribution in [2.45, 2.75) is 52.2 Å². The molecule has 3 heteroatoms. The van der Waals surface area contributed by atoms with Gasteiger partial charge in [0.2, 0.25) is 0 Å². The molecule has 3 nitrogen and oxygen atoms in total. The molecule has 1 fully saturated rings. The minimum atomic E-state index is 0.0118. The molecule has 0 aromatic carbocycles. The van der Waals surface area contributed by atoms with Crippen molar-refractivity contribution in [1.82, 2.24) is 4.90 Å². The largest absolute Gasteiger partial charge is 0.460 e. The van der Waals surface area contributed by atoms with E-state index < -0.39 is 0 Å². The second kappa shape index (κ2) is 4.80. The van der Waals surface area contributed by atoms with Gasteiger partial charge in [-0.25, -0.2) is 0 Å². The summed E-state index contributed by atoms with van der Waals surface area (Å²) in [6, 6.07) is 4.05. The number of furan rings is 1. The van der Waals surface area contributed by atoms with Crippen LogP contribution >= 0.6 is 0 Å². The second-order valence-corrected chi connectivity index (χ2v) is 6.75. The lowest BCUT2D eigenvalue weighted by molar-refractivity contribution is -0.133. The third-order valence-electron chi connectivity index (χ3n) is 3.77. The Balaban J connectivity index is 2.21. The van der Waals surface area contributed by atoms with E-state index in [1.54, 1.807) is 0 Å². The van der Waals surface area contributed by atoms with E-state index in [-0.39, 0.29) is 11.1 Å². The van der Waals surface area contributed by atoms with Gasteiger partial charge in [-0.3, -0.25) is 4.90 Å². The Hall–Kier alpha value is -1.06. The molecule has 1 saturated heterocycles. The molecule has 2 rings (SSSR count). The van der Waals surface area contributed by atoms with Gasteiger partial charge in [-0.05, 0) is 52.3 Å². The van der Waals surface area contributed by atoms with E-state index in [4.69, 9.17) is 9.15 Å². The Morgan fingerprint density at radius 1 is 1.21 bits per heavy atom. The van der Waals surface area contributed by atoms with Gasteiger partial charge in [0.1, 0.15) is 11.5 Å². The van der Waals surface area contributed by atoms with Crippen LogP contribution < -0.4 is 0 Å². The van der Waals surface area contributed by atoms with Crippen LogP contribution in [0, 0.1) is 0 Å². The molecule has 2 heterocycles. The summed E-state index contributed by atoms with van der Waals surface area (Å²) in [6.45, 7) is 17.1. The maximum atomic E-state index is 5.85. The lowest BCUT2D eigenvalue weighted by atomic mass is 9.91. The molecule has 0 saturated carbocycles. The first-order valence-electron chi connectivity index (χ1n) is 6.82. The van der Waals surface area contributed by atoms with Crippen molar-refractivity contribution in [2.24, 2.45) is 0 Å². The minimum absolute atomic E-state index is 0.0118. The monoisotopic (exact) mass is 263 g/mol. The van der Waals surface area contributed by atoms with Gasteiger partial charge >= 0.3 is 0 Å². The summed E-state index contributed by atoms with van der Waals surface area (Å²) in [5.74, 6) is 1.86. The zero-order valence-corrected chi connectivity index (χ0v) is 12.7. The molecule has 0 N–H and O–H groups in total. The smallest absolute Gasteiger partial charge is 0.129 e. The number of nitrogens with zero attached hydrogens (tertiary/aromatic N) is 1. The van der Waals surface area contributed by atoms with E-state index in [0.717, 1.165) is 36.9 Å². The number of rotatable bonds is 3. The number of allylic oxidation sites excluding steroid dienone is 1. The first-order chi connectivity index (χ1) is 8.72. The molecule has 0 amide bonds. The lowest BCUT2D eigenvalue weighted by Crippen LogP contribution is -2.62. The van der Waals surface area contributed by atoms with E-state index in [1.165, 1.54) is 0 Å². The van der Waals surface area contributed by atoms with Crippen molar-refractivity contribution < 1.29 is 9.15 Å². The Bertz CT molecular complexity index is 455. The highest BCUT2D eigenvalue weighted by atomic mass is 16.5. The predicted octanol–water partition coefficient (Wildman–Crippen LogP) is 3.70. The molecule has 1 aromatic rings. The van der Waals surface area contributed by atoms with E-state index in [2.05, 4.69) is 39.2 Å². The summed E-state index contributed by atoms with van der Waals surface area (Å²) in [5.41, 5.74) is 0.988. The fourth-order valence-electron chi connectivity index (χ4n) is 2.80. The predicted molar refractivity (Wildman–Crippen MR) is 77.9 cm³/mol. The molecule has 0 aliphatic carbocycles. The van der Waals surface area contributed by atoms with Gasteiger partial charge in [0.05, 0.1) is 19.8 Å². The molecule has 0 atom stereocenters. The highest BCUT2D eigenvalue weighted by molar-refractivity contribution is 5.56. The summed E-state index contributed by atoms with van der Waals surface area (Å²) >= 11 is 0. The van der Waals surface area contributed by atoms with Crippen LogP contribution in [-0.4, -0.2) is 29.2 Å². The Kier molecular flexibility index (Phi) is 3.63. The first-order valence-corrected chi connectivity index (χ1v) is 6.82.